The first-order valence-corrected chi connectivity index (χ1v) is 6.36. The summed E-state index contributed by atoms with van der Waals surface area (Å²) in [6.45, 7) is 3.32. The molecular weight excluding hydrogens is 214 g/mol. The Labute approximate surface area is 83.9 Å². The Morgan fingerprint density at radius 3 is 2.85 bits per heavy atom. The zero-order valence-electron chi connectivity index (χ0n) is 7.57. The number of rotatable bonds is 2. The van der Waals surface area contributed by atoms with Gasteiger partial charge in [0.2, 0.25) is 10.0 Å². The summed E-state index contributed by atoms with van der Waals surface area (Å²) in [5.74, 6) is 0. The van der Waals surface area contributed by atoms with Crippen molar-refractivity contribution in [2.45, 2.75) is 19.4 Å². The molecular formula is C7H14ClNO3S. The number of ether oxygens (including phenoxy) is 1. The number of hydrogen-bond donors (Lipinski definition) is 0. The van der Waals surface area contributed by atoms with Crippen molar-refractivity contribution in [3.05, 3.63) is 0 Å². The summed E-state index contributed by atoms with van der Waals surface area (Å²) in [6, 6.07) is 0. The van der Waals surface area contributed by atoms with Crippen molar-refractivity contribution in [1.82, 2.24) is 4.31 Å². The molecule has 1 saturated heterocycles. The molecule has 0 aromatic carbocycles. The second-order valence-corrected chi connectivity index (χ2v) is 5.64. The quantitative estimate of drug-likeness (QED) is 0.650. The predicted octanol–water partition coefficient (Wildman–Crippen LogP) is 0.623. The molecule has 1 aliphatic heterocycles. The predicted molar refractivity (Wildman–Crippen MR) is 51.2 cm³/mol. The Kier molecular flexibility index (Phi) is 3.97. The van der Waals surface area contributed by atoms with E-state index in [9.17, 15) is 8.42 Å². The molecule has 13 heavy (non-hydrogen) atoms. The lowest BCUT2D eigenvalue weighted by Gasteiger charge is -2.16. The molecule has 0 bridgehead atoms. The first-order chi connectivity index (χ1) is 6.06. The number of nitrogens with zero attached hydrogens (tertiary/aromatic N) is 1. The molecule has 0 aliphatic carbocycles. The van der Waals surface area contributed by atoms with Gasteiger partial charge in [0, 0.05) is 13.1 Å². The number of hydrogen-bond acceptors (Lipinski definition) is 3. The Bertz CT molecular complexity index is 254. The summed E-state index contributed by atoms with van der Waals surface area (Å²) < 4.78 is 29.4. The van der Waals surface area contributed by atoms with E-state index in [1.54, 1.807) is 0 Å². The zero-order chi connectivity index (χ0) is 9.90. The Morgan fingerprint density at radius 1 is 1.54 bits per heavy atom. The third-order valence-corrected chi connectivity index (χ3v) is 4.31. The van der Waals surface area contributed by atoms with Crippen LogP contribution >= 0.6 is 11.6 Å². The molecule has 0 aromatic rings. The lowest BCUT2D eigenvalue weighted by Crippen LogP contribution is -2.33. The second-order valence-electron chi connectivity index (χ2n) is 3.09. The van der Waals surface area contributed by atoms with Gasteiger partial charge in [0.25, 0.3) is 0 Å². The van der Waals surface area contributed by atoms with Crippen LogP contribution in [-0.4, -0.2) is 43.7 Å². The van der Waals surface area contributed by atoms with Crippen LogP contribution in [-0.2, 0) is 14.8 Å². The van der Waals surface area contributed by atoms with E-state index in [-0.39, 0.29) is 11.3 Å². The molecule has 0 aromatic heterocycles. The Morgan fingerprint density at radius 2 is 2.23 bits per heavy atom. The first kappa shape index (κ1) is 11.2. The van der Waals surface area contributed by atoms with E-state index in [4.69, 9.17) is 16.3 Å². The molecule has 1 aliphatic rings. The van der Waals surface area contributed by atoms with Gasteiger partial charge < -0.3 is 4.74 Å². The summed E-state index contributed by atoms with van der Waals surface area (Å²) >= 11 is 5.35. The molecule has 0 N–H and O–H groups in total. The van der Waals surface area contributed by atoms with Gasteiger partial charge in [-0.3, -0.25) is 0 Å². The first-order valence-electron chi connectivity index (χ1n) is 4.21. The van der Waals surface area contributed by atoms with E-state index in [2.05, 4.69) is 0 Å². The minimum absolute atomic E-state index is 0.135. The second kappa shape index (κ2) is 4.59. The molecule has 4 nitrogen and oxygen atoms in total. The largest absolute Gasteiger partial charge is 0.377 e. The van der Waals surface area contributed by atoms with Crippen molar-refractivity contribution in [1.29, 1.82) is 0 Å². The molecule has 0 spiro atoms. The van der Waals surface area contributed by atoms with Crippen LogP contribution in [0, 0.1) is 0 Å². The van der Waals surface area contributed by atoms with Gasteiger partial charge in [-0.2, -0.15) is 4.31 Å². The van der Waals surface area contributed by atoms with Gasteiger partial charge in [-0.25, -0.2) is 8.42 Å². The highest BCUT2D eigenvalue weighted by molar-refractivity contribution is 7.90. The van der Waals surface area contributed by atoms with Crippen molar-refractivity contribution in [3.63, 3.8) is 0 Å². The van der Waals surface area contributed by atoms with Gasteiger partial charge in [0.05, 0.1) is 12.7 Å². The number of alkyl halides is 1. The standard InChI is InChI=1S/C7H14ClNO3S/c1-7-2-3-9(4-5-12-7)13(10,11)6-8/h7H,2-6H2,1H3. The fraction of sp³-hybridized carbons (Fsp3) is 1.00. The third-order valence-electron chi connectivity index (χ3n) is 2.06. The molecule has 0 amide bonds. The highest BCUT2D eigenvalue weighted by Gasteiger charge is 2.23. The average Bonchev–Trinajstić information content (AvgIpc) is 2.30. The van der Waals surface area contributed by atoms with Crippen LogP contribution < -0.4 is 0 Å². The lowest BCUT2D eigenvalue weighted by atomic mass is 10.3. The smallest absolute Gasteiger partial charge is 0.228 e. The summed E-state index contributed by atoms with van der Waals surface area (Å²) in [4.78, 5) is 0. The van der Waals surface area contributed by atoms with Crippen LogP contribution in [0.1, 0.15) is 13.3 Å². The fourth-order valence-electron chi connectivity index (χ4n) is 1.22. The van der Waals surface area contributed by atoms with E-state index in [0.29, 0.717) is 19.7 Å². The van der Waals surface area contributed by atoms with Crippen LogP contribution in [0.15, 0.2) is 0 Å². The number of halogens is 1. The highest BCUT2D eigenvalue weighted by Crippen LogP contribution is 2.11. The molecule has 0 radical (unpaired) electrons. The maximum absolute atomic E-state index is 11.4. The molecule has 1 fully saturated rings. The summed E-state index contributed by atoms with van der Waals surface area (Å²) in [5, 5.41) is -0.346. The van der Waals surface area contributed by atoms with E-state index in [1.807, 2.05) is 6.92 Å². The molecule has 1 rings (SSSR count). The van der Waals surface area contributed by atoms with Crippen LogP contribution in [0.2, 0.25) is 0 Å². The molecule has 1 atom stereocenters. The van der Waals surface area contributed by atoms with Gasteiger partial charge >= 0.3 is 0 Å². The van der Waals surface area contributed by atoms with Gasteiger partial charge in [-0.1, -0.05) is 0 Å². The minimum Gasteiger partial charge on any atom is -0.377 e. The summed E-state index contributed by atoms with van der Waals surface area (Å²) in [5.41, 5.74) is 0. The van der Waals surface area contributed by atoms with Crippen molar-refractivity contribution >= 4 is 21.6 Å². The van der Waals surface area contributed by atoms with Gasteiger partial charge in [-0.05, 0) is 13.3 Å². The zero-order valence-corrected chi connectivity index (χ0v) is 9.14. The molecule has 6 heteroatoms. The summed E-state index contributed by atoms with van der Waals surface area (Å²) in [7, 11) is -3.25. The monoisotopic (exact) mass is 227 g/mol. The van der Waals surface area contributed by atoms with E-state index < -0.39 is 10.0 Å². The maximum atomic E-state index is 11.4. The molecule has 1 unspecified atom stereocenters. The van der Waals surface area contributed by atoms with E-state index in [0.717, 1.165) is 6.42 Å². The fourth-order valence-corrected chi connectivity index (χ4v) is 2.51. The van der Waals surface area contributed by atoms with Crippen LogP contribution in [0.25, 0.3) is 0 Å². The van der Waals surface area contributed by atoms with Crippen LogP contribution in [0.4, 0.5) is 0 Å². The van der Waals surface area contributed by atoms with E-state index >= 15 is 0 Å². The van der Waals surface area contributed by atoms with Crippen molar-refractivity contribution < 1.29 is 13.2 Å². The number of sulfonamides is 1. The normalized spacial score (nSPS) is 27.1. The molecule has 1 heterocycles. The van der Waals surface area contributed by atoms with Gasteiger partial charge in [0.15, 0.2) is 0 Å². The Balaban J connectivity index is 2.61. The van der Waals surface area contributed by atoms with Crippen molar-refractivity contribution in [3.8, 4) is 0 Å². The molecule has 0 saturated carbocycles. The van der Waals surface area contributed by atoms with Crippen LogP contribution in [0.5, 0.6) is 0 Å². The Hall–Kier alpha value is 0.160. The third kappa shape index (κ3) is 3.09. The average molecular weight is 228 g/mol. The van der Waals surface area contributed by atoms with Crippen molar-refractivity contribution in [2.24, 2.45) is 0 Å². The van der Waals surface area contributed by atoms with E-state index in [1.165, 1.54) is 4.31 Å². The maximum Gasteiger partial charge on any atom is 0.228 e. The molecule has 78 valence electrons. The van der Waals surface area contributed by atoms with Gasteiger partial charge in [0.1, 0.15) is 5.21 Å². The SMILES string of the molecule is CC1CCN(S(=O)(=O)CCl)CCO1. The highest BCUT2D eigenvalue weighted by atomic mass is 35.5. The topological polar surface area (TPSA) is 46.6 Å². The van der Waals surface area contributed by atoms with Crippen LogP contribution in [0.3, 0.4) is 0 Å². The van der Waals surface area contributed by atoms with Gasteiger partial charge in [-0.15, -0.1) is 11.6 Å². The lowest BCUT2D eigenvalue weighted by molar-refractivity contribution is 0.0770. The van der Waals surface area contributed by atoms with Crippen molar-refractivity contribution in [2.75, 3.05) is 24.9 Å². The minimum atomic E-state index is -3.25. The summed E-state index contributed by atoms with van der Waals surface area (Å²) in [6.07, 6.45) is 0.867.